The van der Waals surface area contributed by atoms with Gasteiger partial charge >= 0.3 is 0 Å². The molecule has 4 aromatic rings. The summed E-state index contributed by atoms with van der Waals surface area (Å²) in [7, 11) is 6.45. The fourth-order valence-electron chi connectivity index (χ4n) is 5.05. The zero-order chi connectivity index (χ0) is 25.5. The quantitative estimate of drug-likeness (QED) is 0.403. The van der Waals surface area contributed by atoms with Crippen LogP contribution in [0.25, 0.3) is 5.70 Å². The highest BCUT2D eigenvalue weighted by Crippen LogP contribution is 2.52. The van der Waals surface area contributed by atoms with Crippen molar-refractivity contribution in [3.63, 3.8) is 0 Å². The van der Waals surface area contributed by atoms with Gasteiger partial charge < -0.3 is 29.0 Å². The number of para-hydroxylation sites is 1. The minimum absolute atomic E-state index is 0.294. The molecule has 0 saturated heterocycles. The zero-order valence-electron chi connectivity index (χ0n) is 20.9. The lowest BCUT2D eigenvalue weighted by atomic mass is 9.84. The van der Waals surface area contributed by atoms with E-state index < -0.39 is 6.10 Å². The Labute approximate surface area is 214 Å². The molecule has 0 fully saturated rings. The number of nitrogens with zero attached hydrogens (tertiary/aromatic N) is 3. The molecule has 37 heavy (non-hydrogen) atoms. The van der Waals surface area contributed by atoms with E-state index in [1.54, 1.807) is 34.8 Å². The van der Waals surface area contributed by atoms with E-state index in [-0.39, 0.29) is 6.04 Å². The molecule has 0 aliphatic carbocycles. The highest BCUT2D eigenvalue weighted by atomic mass is 16.5. The Bertz CT molecular complexity index is 1470. The molecule has 1 aromatic heterocycles. The van der Waals surface area contributed by atoms with Gasteiger partial charge in [0.1, 0.15) is 30.0 Å². The smallest absolute Gasteiger partial charge is 0.226 e. The maximum Gasteiger partial charge on any atom is 0.226 e. The average molecular weight is 499 g/mol. The number of aromatic nitrogens is 3. The first-order chi connectivity index (χ1) is 18.2. The molecular formula is C28H26N4O5. The third-order valence-electron chi connectivity index (χ3n) is 6.74. The molecule has 3 aromatic carbocycles. The Hall–Kier alpha value is -4.66. The van der Waals surface area contributed by atoms with Gasteiger partial charge in [0.2, 0.25) is 11.7 Å². The normalized spacial score (nSPS) is 17.5. The molecule has 9 heteroatoms. The van der Waals surface area contributed by atoms with Gasteiger partial charge in [-0.15, -0.1) is 0 Å². The molecule has 2 atom stereocenters. The Balaban J connectivity index is 1.60. The number of methoxy groups -OCH3 is 4. The van der Waals surface area contributed by atoms with Crippen LogP contribution in [0.3, 0.4) is 0 Å². The molecule has 6 rings (SSSR count). The number of nitrogens with one attached hydrogen (secondary N) is 1. The fourth-order valence-corrected chi connectivity index (χ4v) is 5.05. The molecule has 0 spiro atoms. The molecule has 0 radical (unpaired) electrons. The molecule has 0 unspecified atom stereocenters. The minimum atomic E-state index is -0.490. The predicted molar refractivity (Wildman–Crippen MR) is 138 cm³/mol. The van der Waals surface area contributed by atoms with Crippen LogP contribution in [0.15, 0.2) is 72.6 Å². The summed E-state index contributed by atoms with van der Waals surface area (Å²) in [4.78, 5) is 4.49. The van der Waals surface area contributed by atoms with Gasteiger partial charge in [-0.2, -0.15) is 10.1 Å². The monoisotopic (exact) mass is 498 g/mol. The van der Waals surface area contributed by atoms with Gasteiger partial charge in [0.05, 0.1) is 34.1 Å². The average Bonchev–Trinajstić information content (AvgIpc) is 3.43. The summed E-state index contributed by atoms with van der Waals surface area (Å²) in [5.41, 5.74) is 4.73. The fraction of sp³-hybridized carbons (Fsp3) is 0.214. The van der Waals surface area contributed by atoms with E-state index >= 15 is 0 Å². The second-order valence-electron chi connectivity index (χ2n) is 8.61. The van der Waals surface area contributed by atoms with Crippen molar-refractivity contribution in [1.82, 2.24) is 14.8 Å². The van der Waals surface area contributed by atoms with Crippen molar-refractivity contribution < 1.29 is 23.7 Å². The summed E-state index contributed by atoms with van der Waals surface area (Å²) in [5, 5.41) is 8.09. The number of anilines is 1. The Kier molecular flexibility index (Phi) is 5.60. The maximum atomic E-state index is 6.71. The zero-order valence-corrected chi connectivity index (χ0v) is 20.9. The third kappa shape index (κ3) is 3.62. The number of rotatable bonds is 6. The van der Waals surface area contributed by atoms with Crippen LogP contribution in [0.5, 0.6) is 28.7 Å². The van der Waals surface area contributed by atoms with Crippen LogP contribution in [0.1, 0.15) is 28.8 Å². The largest absolute Gasteiger partial charge is 0.497 e. The second-order valence-corrected chi connectivity index (χ2v) is 8.61. The Morgan fingerprint density at radius 1 is 0.838 bits per heavy atom. The standard InChI is InChI=1S/C28H26N4O5/c1-33-18-11-9-16(10-12-18)25-23-24(31-28-29-15-30-32(25)28)19-7-5-6-8-20(19)37-26(23)17-13-21(34-2)27(36-4)22(14-17)35-3/h5-15,25-26H,1-4H3,(H,29,30,31)/t25-,26+/m0/s1. The van der Waals surface area contributed by atoms with Crippen LogP contribution in [0.2, 0.25) is 0 Å². The number of hydrogen-bond donors (Lipinski definition) is 1. The van der Waals surface area contributed by atoms with Crippen molar-refractivity contribution in [3.05, 3.63) is 89.3 Å². The van der Waals surface area contributed by atoms with Gasteiger partial charge in [-0.25, -0.2) is 4.68 Å². The van der Waals surface area contributed by atoms with Crippen molar-refractivity contribution in [2.24, 2.45) is 0 Å². The van der Waals surface area contributed by atoms with Crippen molar-refractivity contribution in [2.45, 2.75) is 12.1 Å². The second kappa shape index (κ2) is 9.09. The lowest BCUT2D eigenvalue weighted by molar-refractivity contribution is 0.221. The van der Waals surface area contributed by atoms with Crippen LogP contribution in [0.4, 0.5) is 5.95 Å². The first-order valence-corrected chi connectivity index (χ1v) is 11.8. The molecule has 9 nitrogen and oxygen atoms in total. The number of hydrogen-bond acceptors (Lipinski definition) is 8. The number of benzene rings is 3. The molecule has 2 aliphatic heterocycles. The number of ether oxygens (including phenoxy) is 5. The van der Waals surface area contributed by atoms with Gasteiger partial charge in [0.25, 0.3) is 0 Å². The van der Waals surface area contributed by atoms with E-state index in [1.165, 1.54) is 0 Å². The highest BCUT2D eigenvalue weighted by molar-refractivity contribution is 5.85. The summed E-state index contributed by atoms with van der Waals surface area (Å²) in [6, 6.07) is 19.5. The molecule has 0 saturated carbocycles. The molecule has 0 bridgehead atoms. The summed E-state index contributed by atoms with van der Waals surface area (Å²) < 4.78 is 30.9. The van der Waals surface area contributed by atoms with E-state index in [1.807, 2.05) is 65.3 Å². The first-order valence-electron chi connectivity index (χ1n) is 11.8. The van der Waals surface area contributed by atoms with E-state index in [0.29, 0.717) is 23.2 Å². The van der Waals surface area contributed by atoms with Gasteiger partial charge in [0, 0.05) is 16.7 Å². The van der Waals surface area contributed by atoms with E-state index in [2.05, 4.69) is 15.4 Å². The topological polar surface area (TPSA) is 88.9 Å². The first kappa shape index (κ1) is 22.8. The SMILES string of the molecule is COc1ccc([C@H]2C3=C(Nc4ncnn42)c2ccccc2O[C@@H]3c2cc(OC)c(OC)c(OC)c2)cc1. The molecule has 3 heterocycles. The lowest BCUT2D eigenvalue weighted by Crippen LogP contribution is -2.32. The Morgan fingerprint density at radius 2 is 1.57 bits per heavy atom. The molecule has 2 aliphatic rings. The van der Waals surface area contributed by atoms with E-state index in [0.717, 1.165) is 39.5 Å². The summed E-state index contributed by atoms with van der Waals surface area (Å²) in [5.74, 6) is 3.80. The van der Waals surface area contributed by atoms with Crippen molar-refractivity contribution >= 4 is 11.6 Å². The summed E-state index contributed by atoms with van der Waals surface area (Å²) in [6.07, 6.45) is 1.06. The van der Waals surface area contributed by atoms with Crippen molar-refractivity contribution in [3.8, 4) is 28.7 Å². The third-order valence-corrected chi connectivity index (χ3v) is 6.74. The van der Waals surface area contributed by atoms with Crippen molar-refractivity contribution in [2.75, 3.05) is 33.8 Å². The van der Waals surface area contributed by atoms with Gasteiger partial charge in [-0.05, 0) is 42.0 Å². The molecule has 1 N–H and O–H groups in total. The molecular weight excluding hydrogens is 472 g/mol. The molecule has 0 amide bonds. The summed E-state index contributed by atoms with van der Waals surface area (Å²) >= 11 is 0. The maximum absolute atomic E-state index is 6.71. The van der Waals surface area contributed by atoms with Gasteiger partial charge in [-0.1, -0.05) is 24.3 Å². The van der Waals surface area contributed by atoms with Crippen molar-refractivity contribution in [1.29, 1.82) is 0 Å². The number of fused-ring (bicyclic) bond motifs is 3. The molecule has 188 valence electrons. The predicted octanol–water partition coefficient (Wildman–Crippen LogP) is 4.87. The van der Waals surface area contributed by atoms with Gasteiger partial charge in [0.15, 0.2) is 11.5 Å². The van der Waals surface area contributed by atoms with Gasteiger partial charge in [-0.3, -0.25) is 0 Å². The van der Waals surface area contributed by atoms with E-state index in [4.69, 9.17) is 23.7 Å². The minimum Gasteiger partial charge on any atom is -0.497 e. The highest BCUT2D eigenvalue weighted by Gasteiger charge is 2.41. The van der Waals surface area contributed by atoms with E-state index in [9.17, 15) is 0 Å². The summed E-state index contributed by atoms with van der Waals surface area (Å²) in [6.45, 7) is 0. The van der Waals surface area contributed by atoms with Crippen LogP contribution in [-0.4, -0.2) is 43.2 Å². The van der Waals surface area contributed by atoms with Crippen LogP contribution in [0, 0.1) is 0 Å². The van der Waals surface area contributed by atoms with Crippen LogP contribution in [-0.2, 0) is 0 Å². The van der Waals surface area contributed by atoms with Crippen LogP contribution < -0.4 is 29.0 Å². The van der Waals surface area contributed by atoms with Crippen LogP contribution >= 0.6 is 0 Å². The lowest BCUT2D eigenvalue weighted by Gasteiger charge is -2.39. The Morgan fingerprint density at radius 3 is 2.24 bits per heavy atom.